The van der Waals surface area contributed by atoms with Gasteiger partial charge in [0.05, 0.1) is 28.2 Å². The number of aliphatic hydroxyl groups is 1. The highest BCUT2D eigenvalue weighted by atomic mass is 32.2. The number of aryl methyl sites for hydroxylation is 1. The van der Waals surface area contributed by atoms with E-state index in [1.807, 2.05) is 0 Å². The normalized spacial score (nSPS) is 29.0. The van der Waals surface area contributed by atoms with E-state index in [-0.39, 0.29) is 41.5 Å². The summed E-state index contributed by atoms with van der Waals surface area (Å²) < 4.78 is 76.1. The van der Waals surface area contributed by atoms with Crippen molar-refractivity contribution < 1.29 is 31.4 Å². The highest BCUT2D eigenvalue weighted by molar-refractivity contribution is 7.91. The van der Waals surface area contributed by atoms with Gasteiger partial charge in [-0.15, -0.1) is 0 Å². The molecule has 0 amide bonds. The van der Waals surface area contributed by atoms with Crippen molar-refractivity contribution in [2.45, 2.75) is 80.7 Å². The molecule has 0 bridgehead atoms. The molecule has 234 valence electrons. The van der Waals surface area contributed by atoms with Gasteiger partial charge in [-0.1, -0.05) is 12.2 Å². The van der Waals surface area contributed by atoms with Gasteiger partial charge in [-0.2, -0.15) is 23.1 Å². The van der Waals surface area contributed by atoms with E-state index in [9.17, 15) is 31.5 Å². The summed E-state index contributed by atoms with van der Waals surface area (Å²) in [6.07, 6.45) is -1.38. The lowest BCUT2D eigenvalue weighted by Crippen LogP contribution is -2.47. The first-order valence-corrected chi connectivity index (χ1v) is 16.2. The van der Waals surface area contributed by atoms with Crippen LogP contribution in [0.5, 0.6) is 6.01 Å². The predicted molar refractivity (Wildman–Crippen MR) is 153 cm³/mol. The van der Waals surface area contributed by atoms with E-state index in [4.69, 9.17) is 4.74 Å². The molecule has 6 heterocycles. The van der Waals surface area contributed by atoms with E-state index in [1.54, 1.807) is 11.8 Å². The fraction of sp³-hybridized carbons (Fsp3) is 0.621. The van der Waals surface area contributed by atoms with Crippen LogP contribution in [0.1, 0.15) is 72.4 Å². The number of piperidine rings is 1. The second-order valence-corrected chi connectivity index (χ2v) is 15.0. The van der Waals surface area contributed by atoms with Crippen LogP contribution in [0.2, 0.25) is 0 Å². The number of hydrogen-bond acceptors (Lipinski definition) is 9. The first-order valence-electron chi connectivity index (χ1n) is 14.5. The molecule has 14 heteroatoms. The molecule has 3 saturated heterocycles. The van der Waals surface area contributed by atoms with Crippen molar-refractivity contribution in [3.63, 3.8) is 0 Å². The third-order valence-electron chi connectivity index (χ3n) is 9.26. The summed E-state index contributed by atoms with van der Waals surface area (Å²) in [5.41, 5.74) is -2.65. The average Bonchev–Trinajstić information content (AvgIpc) is 3.40. The maximum Gasteiger partial charge on any atom is 0.418 e. The fourth-order valence-electron chi connectivity index (χ4n) is 7.40. The number of halogens is 3. The quantitative estimate of drug-likeness (QED) is 0.483. The van der Waals surface area contributed by atoms with Crippen molar-refractivity contribution in [2.75, 3.05) is 37.7 Å². The van der Waals surface area contributed by atoms with Crippen molar-refractivity contribution in [3.8, 4) is 6.01 Å². The molecule has 2 aromatic heterocycles. The summed E-state index contributed by atoms with van der Waals surface area (Å²) in [6, 6.07) is 0.817. The zero-order valence-corrected chi connectivity index (χ0v) is 25.1. The zero-order valence-electron chi connectivity index (χ0n) is 24.3. The highest BCUT2D eigenvalue weighted by Crippen LogP contribution is 2.45. The van der Waals surface area contributed by atoms with Gasteiger partial charge < -0.3 is 19.7 Å². The highest BCUT2D eigenvalue weighted by Gasteiger charge is 2.48. The molecule has 6 rings (SSSR count). The number of aromatic nitrogens is 3. The minimum Gasteiger partial charge on any atom is -0.461 e. The number of nitrogens with one attached hydrogen (secondary N) is 1. The van der Waals surface area contributed by atoms with Crippen molar-refractivity contribution in [1.29, 1.82) is 0 Å². The lowest BCUT2D eigenvalue weighted by Gasteiger charge is -2.39. The number of fused-ring (bicyclic) bond motifs is 2. The molecular formula is C29H36F3N5O5S. The van der Waals surface area contributed by atoms with E-state index in [1.165, 1.54) is 0 Å². The Hall–Kier alpha value is -2.97. The molecule has 10 nitrogen and oxygen atoms in total. The Bertz CT molecular complexity index is 1640. The summed E-state index contributed by atoms with van der Waals surface area (Å²) in [7, 11) is -4.25. The van der Waals surface area contributed by atoms with Crippen LogP contribution in [0, 0.1) is 6.92 Å². The van der Waals surface area contributed by atoms with E-state index in [0.29, 0.717) is 25.2 Å². The van der Waals surface area contributed by atoms with Gasteiger partial charge in [-0.05, 0) is 58.1 Å². The van der Waals surface area contributed by atoms with E-state index in [0.717, 1.165) is 50.9 Å². The van der Waals surface area contributed by atoms with Gasteiger partial charge in [0, 0.05) is 43.4 Å². The van der Waals surface area contributed by atoms with Gasteiger partial charge in [0.1, 0.15) is 17.7 Å². The van der Waals surface area contributed by atoms with Crippen LogP contribution in [0.3, 0.4) is 0 Å². The number of aromatic amines is 1. The molecule has 0 radical (unpaired) electrons. The second kappa shape index (κ2) is 10.3. The number of anilines is 1. The average molecular weight is 624 g/mol. The lowest BCUT2D eigenvalue weighted by atomic mass is 9.94. The van der Waals surface area contributed by atoms with Crippen LogP contribution in [0.25, 0.3) is 0 Å². The van der Waals surface area contributed by atoms with Crippen LogP contribution in [0.4, 0.5) is 19.0 Å². The number of β-amino-alcohol motifs (C(OH)–C–C–N with tert-alkyl or cyclic N) is 1. The SMILES string of the molecule is C=C1CN2CCC[C@@]2(COc2nc3c(c(N4CCC[C@@](C)(O)C4)n2)CS(=O)(=O)[C@H](c2[nH]c(=O)cc(C)c2C(F)(F)F)C3)C1. The molecule has 2 N–H and O–H groups in total. The monoisotopic (exact) mass is 623 g/mol. The summed E-state index contributed by atoms with van der Waals surface area (Å²) in [6.45, 7) is 9.69. The molecule has 0 aliphatic carbocycles. The molecule has 0 saturated carbocycles. The van der Waals surface area contributed by atoms with E-state index in [2.05, 4.69) is 26.4 Å². The molecule has 3 fully saturated rings. The van der Waals surface area contributed by atoms with Gasteiger partial charge in [0.2, 0.25) is 5.56 Å². The first kappa shape index (κ1) is 30.1. The minimum absolute atomic E-state index is 0.00420. The minimum atomic E-state index is -4.89. The number of pyridine rings is 1. The number of alkyl halides is 3. The Balaban J connectivity index is 1.43. The maximum atomic E-state index is 14.2. The Labute approximate surface area is 247 Å². The summed E-state index contributed by atoms with van der Waals surface area (Å²) in [5, 5.41) is 9.14. The van der Waals surface area contributed by atoms with Crippen LogP contribution in [0.15, 0.2) is 23.0 Å². The van der Waals surface area contributed by atoms with Crippen LogP contribution in [-0.2, 0) is 28.2 Å². The smallest absolute Gasteiger partial charge is 0.418 e. The molecule has 4 aliphatic rings. The van der Waals surface area contributed by atoms with Crippen LogP contribution in [-0.4, -0.2) is 77.3 Å². The molecule has 0 aromatic carbocycles. The Morgan fingerprint density at radius 2 is 1.98 bits per heavy atom. The van der Waals surface area contributed by atoms with Gasteiger partial charge in [-0.3, -0.25) is 9.69 Å². The number of sulfone groups is 1. The molecule has 43 heavy (non-hydrogen) atoms. The Kier molecular flexibility index (Phi) is 7.20. The summed E-state index contributed by atoms with van der Waals surface area (Å²) in [5.74, 6) is -0.320. The zero-order chi connectivity index (χ0) is 30.9. The van der Waals surface area contributed by atoms with E-state index < -0.39 is 55.9 Å². The third kappa shape index (κ3) is 5.57. The number of H-pyrrole nitrogens is 1. The van der Waals surface area contributed by atoms with E-state index >= 15 is 0 Å². The molecule has 3 atom stereocenters. The van der Waals surface area contributed by atoms with Gasteiger partial charge in [0.15, 0.2) is 9.84 Å². The molecule has 4 aliphatic heterocycles. The summed E-state index contributed by atoms with van der Waals surface area (Å²) >= 11 is 0. The topological polar surface area (TPSA) is 129 Å². The van der Waals surface area contributed by atoms with Crippen molar-refractivity contribution in [1.82, 2.24) is 19.9 Å². The number of ether oxygens (including phenoxy) is 1. The van der Waals surface area contributed by atoms with Crippen molar-refractivity contribution >= 4 is 15.7 Å². The van der Waals surface area contributed by atoms with Crippen molar-refractivity contribution in [2.24, 2.45) is 0 Å². The van der Waals surface area contributed by atoms with Crippen molar-refractivity contribution in [3.05, 3.63) is 56.7 Å². The van der Waals surface area contributed by atoms with Crippen LogP contribution >= 0.6 is 0 Å². The van der Waals surface area contributed by atoms with Crippen LogP contribution < -0.4 is 15.2 Å². The number of hydrogen-bond donors (Lipinski definition) is 2. The molecular weight excluding hydrogens is 587 g/mol. The van der Waals surface area contributed by atoms with Gasteiger partial charge >= 0.3 is 12.2 Å². The lowest BCUT2D eigenvalue weighted by molar-refractivity contribution is -0.139. The summed E-state index contributed by atoms with van der Waals surface area (Å²) in [4.78, 5) is 27.8. The predicted octanol–water partition coefficient (Wildman–Crippen LogP) is 3.23. The maximum absolute atomic E-state index is 14.2. The fourth-order valence-corrected chi connectivity index (χ4v) is 9.25. The standard InChI is InChI=1S/C29H36F3N5O5S/c1-17-12-28(7-5-9-37(28)13-17)16-42-26-33-20-11-21(24-23(29(30,31)32)18(2)10-22(38)34-24)43(40,41)14-19(20)25(35-26)36-8-4-6-27(3,39)15-36/h10,21,39H,1,4-9,11-16H2,2-3H3,(H,34,38)/t21-,27+,28-/m0/s1. The number of nitrogens with zero attached hydrogens (tertiary/aromatic N) is 4. The first-order chi connectivity index (χ1) is 20.1. The number of rotatable bonds is 5. The van der Waals surface area contributed by atoms with Gasteiger partial charge in [-0.25, -0.2) is 8.42 Å². The third-order valence-corrected chi connectivity index (χ3v) is 11.2. The van der Waals surface area contributed by atoms with Gasteiger partial charge in [0.25, 0.3) is 0 Å². The second-order valence-electron chi connectivity index (χ2n) is 12.8. The molecule has 0 unspecified atom stereocenters. The Morgan fingerprint density at radius 1 is 1.23 bits per heavy atom. The Morgan fingerprint density at radius 3 is 2.70 bits per heavy atom. The molecule has 0 spiro atoms. The molecule has 2 aromatic rings. The largest absolute Gasteiger partial charge is 0.461 e.